The van der Waals surface area contributed by atoms with Crippen LogP contribution in [0.25, 0.3) is 0 Å². The summed E-state index contributed by atoms with van der Waals surface area (Å²) in [4.78, 5) is 14.6. The highest BCUT2D eigenvalue weighted by molar-refractivity contribution is 7.99. The van der Waals surface area contributed by atoms with E-state index >= 15 is 0 Å². The summed E-state index contributed by atoms with van der Waals surface area (Å²) in [5.74, 6) is -0.0549. The third-order valence-electron chi connectivity index (χ3n) is 2.83. The second kappa shape index (κ2) is 5.34. The second-order valence-electron chi connectivity index (χ2n) is 4.07. The van der Waals surface area contributed by atoms with Gasteiger partial charge < -0.3 is 5.11 Å². The van der Waals surface area contributed by atoms with Crippen molar-refractivity contribution in [1.82, 2.24) is 4.98 Å². The van der Waals surface area contributed by atoms with Gasteiger partial charge in [0.1, 0.15) is 5.69 Å². The summed E-state index contributed by atoms with van der Waals surface area (Å²) in [6, 6.07) is 3.57. The van der Waals surface area contributed by atoms with E-state index in [1.807, 2.05) is 17.8 Å². The maximum absolute atomic E-state index is 10.7. The molecule has 0 atom stereocenters. The number of pyridine rings is 1. The van der Waals surface area contributed by atoms with Crippen LogP contribution in [0.2, 0.25) is 0 Å². The number of thioether (sulfide) groups is 1. The number of aromatic carboxylic acids is 1. The zero-order valence-electron chi connectivity index (χ0n) is 9.06. The van der Waals surface area contributed by atoms with Crippen LogP contribution in [0.4, 0.5) is 0 Å². The number of nitrogens with zero attached hydrogens (tertiary/aromatic N) is 1. The van der Waals surface area contributed by atoms with Crippen LogP contribution in [0.5, 0.6) is 0 Å². The van der Waals surface area contributed by atoms with Crippen molar-refractivity contribution in [2.24, 2.45) is 0 Å². The van der Waals surface area contributed by atoms with E-state index in [1.54, 1.807) is 12.3 Å². The zero-order chi connectivity index (χ0) is 11.4. The average molecular weight is 237 g/mol. The topological polar surface area (TPSA) is 50.2 Å². The van der Waals surface area contributed by atoms with Crippen molar-refractivity contribution in [3.05, 3.63) is 29.6 Å². The van der Waals surface area contributed by atoms with Crippen LogP contribution in [0, 0.1) is 0 Å². The van der Waals surface area contributed by atoms with Gasteiger partial charge in [-0.1, -0.05) is 12.8 Å². The molecule has 4 heteroatoms. The molecule has 1 aliphatic rings. The van der Waals surface area contributed by atoms with Gasteiger partial charge in [0.15, 0.2) is 0 Å². The van der Waals surface area contributed by atoms with E-state index in [0.29, 0.717) is 0 Å². The molecule has 16 heavy (non-hydrogen) atoms. The van der Waals surface area contributed by atoms with Gasteiger partial charge in [0.25, 0.3) is 0 Å². The molecule has 2 rings (SSSR count). The normalized spacial score (nSPS) is 16.5. The highest BCUT2D eigenvalue weighted by atomic mass is 32.2. The molecule has 0 amide bonds. The first-order valence-electron chi connectivity index (χ1n) is 5.55. The Morgan fingerprint density at radius 1 is 1.50 bits per heavy atom. The van der Waals surface area contributed by atoms with Crippen LogP contribution in [0.3, 0.4) is 0 Å². The first kappa shape index (κ1) is 11.5. The van der Waals surface area contributed by atoms with Gasteiger partial charge in [-0.3, -0.25) is 0 Å². The molecule has 0 bridgehead atoms. The molecule has 0 saturated heterocycles. The predicted octanol–water partition coefficient (Wildman–Crippen LogP) is 2.96. The SMILES string of the molecule is O=C(O)c1cc(CSC2CCCC2)ccn1. The van der Waals surface area contributed by atoms with Gasteiger partial charge in [-0.05, 0) is 30.5 Å². The van der Waals surface area contributed by atoms with Gasteiger partial charge in [-0.15, -0.1) is 0 Å². The minimum atomic E-state index is -0.951. The summed E-state index contributed by atoms with van der Waals surface area (Å²) < 4.78 is 0. The van der Waals surface area contributed by atoms with Crippen LogP contribution < -0.4 is 0 Å². The molecule has 1 aliphatic carbocycles. The van der Waals surface area contributed by atoms with Gasteiger partial charge in [0.2, 0.25) is 0 Å². The lowest BCUT2D eigenvalue weighted by Gasteiger charge is -2.08. The number of rotatable bonds is 4. The van der Waals surface area contributed by atoms with Gasteiger partial charge in [0, 0.05) is 17.2 Å². The molecular weight excluding hydrogens is 222 g/mol. The number of carboxylic acid groups (broad SMARTS) is 1. The van der Waals surface area contributed by atoms with Crippen molar-refractivity contribution in [2.75, 3.05) is 0 Å². The lowest BCUT2D eigenvalue weighted by molar-refractivity contribution is 0.0690. The molecule has 0 unspecified atom stereocenters. The molecule has 0 aromatic carbocycles. The van der Waals surface area contributed by atoms with E-state index in [-0.39, 0.29) is 5.69 Å². The average Bonchev–Trinajstić information content (AvgIpc) is 2.79. The third kappa shape index (κ3) is 2.98. The highest BCUT2D eigenvalue weighted by Crippen LogP contribution is 2.31. The second-order valence-corrected chi connectivity index (χ2v) is 5.36. The van der Waals surface area contributed by atoms with E-state index in [0.717, 1.165) is 16.6 Å². The summed E-state index contributed by atoms with van der Waals surface area (Å²) in [5.41, 5.74) is 1.20. The predicted molar refractivity (Wildman–Crippen MR) is 64.7 cm³/mol. The molecule has 0 spiro atoms. The Bertz CT molecular complexity index is 375. The van der Waals surface area contributed by atoms with E-state index in [4.69, 9.17) is 5.11 Å². The van der Waals surface area contributed by atoms with Crippen molar-refractivity contribution < 1.29 is 9.90 Å². The number of hydrogen-bond donors (Lipinski definition) is 1. The van der Waals surface area contributed by atoms with Crippen molar-refractivity contribution in [3.8, 4) is 0 Å². The Hall–Kier alpha value is -1.03. The van der Waals surface area contributed by atoms with Crippen LogP contribution in [-0.2, 0) is 5.75 Å². The maximum Gasteiger partial charge on any atom is 0.354 e. The van der Waals surface area contributed by atoms with Gasteiger partial charge in [-0.2, -0.15) is 11.8 Å². The first-order valence-corrected chi connectivity index (χ1v) is 6.60. The quantitative estimate of drug-likeness (QED) is 0.874. The standard InChI is InChI=1S/C12H15NO2S/c14-12(15)11-7-9(5-6-13-11)8-16-10-3-1-2-4-10/h5-7,10H,1-4,8H2,(H,14,15). The Morgan fingerprint density at radius 3 is 2.94 bits per heavy atom. The number of hydrogen-bond acceptors (Lipinski definition) is 3. The minimum absolute atomic E-state index is 0.143. The minimum Gasteiger partial charge on any atom is -0.477 e. The van der Waals surface area contributed by atoms with E-state index in [2.05, 4.69) is 4.98 Å². The summed E-state index contributed by atoms with van der Waals surface area (Å²) in [6.07, 6.45) is 6.87. The Kier molecular flexibility index (Phi) is 3.83. The van der Waals surface area contributed by atoms with Gasteiger partial charge in [-0.25, -0.2) is 9.78 Å². The van der Waals surface area contributed by atoms with Crippen molar-refractivity contribution in [1.29, 1.82) is 0 Å². The molecule has 1 aromatic heterocycles. The number of carboxylic acids is 1. The van der Waals surface area contributed by atoms with Crippen molar-refractivity contribution >= 4 is 17.7 Å². The van der Waals surface area contributed by atoms with E-state index < -0.39 is 5.97 Å². The van der Waals surface area contributed by atoms with Crippen LogP contribution in [-0.4, -0.2) is 21.3 Å². The lowest BCUT2D eigenvalue weighted by Crippen LogP contribution is -2.01. The monoisotopic (exact) mass is 237 g/mol. The smallest absolute Gasteiger partial charge is 0.354 e. The third-order valence-corrected chi connectivity index (χ3v) is 4.27. The number of aromatic nitrogens is 1. The molecular formula is C12H15NO2S. The number of carbonyl (C=O) groups is 1. The molecule has 86 valence electrons. The fourth-order valence-corrected chi connectivity index (χ4v) is 3.22. The maximum atomic E-state index is 10.7. The fraction of sp³-hybridized carbons (Fsp3) is 0.500. The van der Waals surface area contributed by atoms with Crippen LogP contribution in [0.15, 0.2) is 18.3 Å². The summed E-state index contributed by atoms with van der Waals surface area (Å²) in [5, 5.41) is 9.58. The Morgan fingerprint density at radius 2 is 2.25 bits per heavy atom. The first-order chi connectivity index (χ1) is 7.75. The van der Waals surface area contributed by atoms with E-state index in [1.165, 1.54) is 25.7 Å². The Balaban J connectivity index is 1.93. The molecule has 0 radical (unpaired) electrons. The lowest BCUT2D eigenvalue weighted by atomic mass is 10.2. The van der Waals surface area contributed by atoms with Crippen molar-refractivity contribution in [2.45, 2.75) is 36.7 Å². The van der Waals surface area contributed by atoms with Gasteiger partial charge in [0.05, 0.1) is 0 Å². The molecule has 0 aliphatic heterocycles. The molecule has 1 saturated carbocycles. The fourth-order valence-electron chi connectivity index (χ4n) is 1.95. The largest absolute Gasteiger partial charge is 0.477 e. The summed E-state index contributed by atoms with van der Waals surface area (Å²) in [7, 11) is 0. The Labute approximate surface area is 99.3 Å². The van der Waals surface area contributed by atoms with Crippen LogP contribution in [0.1, 0.15) is 41.7 Å². The highest BCUT2D eigenvalue weighted by Gasteiger charge is 2.15. The van der Waals surface area contributed by atoms with Crippen molar-refractivity contribution in [3.63, 3.8) is 0 Å². The van der Waals surface area contributed by atoms with E-state index in [9.17, 15) is 4.79 Å². The van der Waals surface area contributed by atoms with Crippen LogP contribution >= 0.6 is 11.8 Å². The van der Waals surface area contributed by atoms with Gasteiger partial charge >= 0.3 is 5.97 Å². The molecule has 1 aromatic rings. The summed E-state index contributed by atoms with van der Waals surface area (Å²) in [6.45, 7) is 0. The molecule has 1 heterocycles. The molecule has 1 fully saturated rings. The zero-order valence-corrected chi connectivity index (χ0v) is 9.87. The molecule has 3 nitrogen and oxygen atoms in total. The summed E-state index contributed by atoms with van der Waals surface area (Å²) >= 11 is 1.94. The molecule has 1 N–H and O–H groups in total.